The Hall–Kier alpha value is -4.10. The number of aryl methyl sites for hydroxylation is 1. The summed E-state index contributed by atoms with van der Waals surface area (Å²) in [5, 5.41) is 17.3. The van der Waals surface area contributed by atoms with Crippen molar-refractivity contribution in [1.82, 2.24) is 20.3 Å². The number of nitrogens with one attached hydrogen (secondary N) is 2. The molecule has 1 heterocycles. The number of hydrogen-bond acceptors (Lipinski definition) is 4. The molecule has 2 N–H and O–H groups in total. The fraction of sp³-hybridized carbons (Fsp3) is 0.143. The lowest BCUT2D eigenvalue weighted by Crippen LogP contribution is -2.34. The molecule has 1 aromatic heterocycles. The Bertz CT molecular complexity index is 1520. The molecule has 0 saturated heterocycles. The van der Waals surface area contributed by atoms with E-state index in [4.69, 9.17) is 12.2 Å². The largest absolute Gasteiger partial charge is 0.332 e. The molecular weight excluding hydrogens is 454 g/mol. The number of aromatic nitrogens is 3. The number of thiocarbonyl (C=S) groups is 1. The summed E-state index contributed by atoms with van der Waals surface area (Å²) < 4.78 is 0. The zero-order chi connectivity index (χ0) is 24.2. The van der Waals surface area contributed by atoms with E-state index in [9.17, 15) is 4.79 Å². The molecule has 35 heavy (non-hydrogen) atoms. The predicted molar refractivity (Wildman–Crippen MR) is 145 cm³/mol. The molecule has 0 aliphatic carbocycles. The summed E-state index contributed by atoms with van der Waals surface area (Å²) in [4.78, 5) is 14.3. The van der Waals surface area contributed by atoms with Crippen LogP contribution in [0.15, 0.2) is 84.9 Å². The Kier molecular flexibility index (Phi) is 6.50. The molecular formula is C28H25N5OS. The summed E-state index contributed by atoms with van der Waals surface area (Å²) in [6.07, 6.45) is 3.45. The number of anilines is 1. The summed E-state index contributed by atoms with van der Waals surface area (Å²) in [5.74, 6) is -0.261. The van der Waals surface area contributed by atoms with Gasteiger partial charge in [-0.2, -0.15) is 4.80 Å². The zero-order valence-electron chi connectivity index (χ0n) is 19.4. The Morgan fingerprint density at radius 3 is 2.46 bits per heavy atom. The molecule has 0 spiro atoms. The van der Waals surface area contributed by atoms with E-state index < -0.39 is 0 Å². The maximum Gasteiger partial charge on any atom is 0.257 e. The first-order chi connectivity index (χ1) is 17.1. The van der Waals surface area contributed by atoms with E-state index in [0.717, 1.165) is 39.6 Å². The van der Waals surface area contributed by atoms with Crippen molar-refractivity contribution in [3.8, 4) is 5.69 Å². The van der Waals surface area contributed by atoms with Crippen LogP contribution in [0.2, 0.25) is 0 Å². The molecule has 0 aliphatic rings. The van der Waals surface area contributed by atoms with Gasteiger partial charge < -0.3 is 5.32 Å². The van der Waals surface area contributed by atoms with Gasteiger partial charge in [0.1, 0.15) is 11.0 Å². The summed E-state index contributed by atoms with van der Waals surface area (Å²) >= 11 is 5.37. The highest BCUT2D eigenvalue weighted by Gasteiger charge is 2.10. The lowest BCUT2D eigenvalue weighted by atomic mass is 10.1. The van der Waals surface area contributed by atoms with Crippen LogP contribution in [0.5, 0.6) is 0 Å². The number of carbonyl (C=O) groups excluding carboxylic acids is 1. The van der Waals surface area contributed by atoms with Crippen molar-refractivity contribution in [2.45, 2.75) is 26.2 Å². The molecule has 0 saturated carbocycles. The van der Waals surface area contributed by atoms with Crippen LogP contribution < -0.4 is 10.6 Å². The molecule has 1 amide bonds. The molecule has 0 radical (unpaired) electrons. The van der Waals surface area contributed by atoms with E-state index in [0.29, 0.717) is 5.56 Å². The van der Waals surface area contributed by atoms with Crippen molar-refractivity contribution in [2.75, 3.05) is 5.32 Å². The molecule has 5 rings (SSSR count). The number of unbranched alkanes of at least 4 members (excludes halogenated alkanes) is 1. The highest BCUT2D eigenvalue weighted by molar-refractivity contribution is 7.80. The summed E-state index contributed by atoms with van der Waals surface area (Å²) in [7, 11) is 0. The van der Waals surface area contributed by atoms with Crippen LogP contribution in [0.3, 0.4) is 0 Å². The van der Waals surface area contributed by atoms with Crippen molar-refractivity contribution < 1.29 is 4.79 Å². The normalized spacial score (nSPS) is 11.0. The van der Waals surface area contributed by atoms with Gasteiger partial charge in [0.25, 0.3) is 5.91 Å². The Balaban J connectivity index is 1.26. The van der Waals surface area contributed by atoms with Gasteiger partial charge >= 0.3 is 0 Å². The number of amides is 1. The van der Waals surface area contributed by atoms with Crippen molar-refractivity contribution in [3.05, 3.63) is 96.1 Å². The van der Waals surface area contributed by atoms with Gasteiger partial charge in [-0.05, 0) is 83.9 Å². The monoisotopic (exact) mass is 479 g/mol. The van der Waals surface area contributed by atoms with Crippen LogP contribution in [0.4, 0.5) is 5.69 Å². The minimum Gasteiger partial charge on any atom is -0.332 e. The number of carbonyl (C=O) groups is 1. The summed E-state index contributed by atoms with van der Waals surface area (Å²) in [5.41, 5.74) is 5.01. The van der Waals surface area contributed by atoms with Gasteiger partial charge in [-0.1, -0.05) is 55.8 Å². The Morgan fingerprint density at radius 2 is 1.66 bits per heavy atom. The Morgan fingerprint density at radius 1 is 0.886 bits per heavy atom. The number of rotatable bonds is 6. The van der Waals surface area contributed by atoms with Gasteiger partial charge in [-0.3, -0.25) is 10.1 Å². The fourth-order valence-electron chi connectivity index (χ4n) is 3.95. The van der Waals surface area contributed by atoms with E-state index in [2.05, 4.69) is 39.9 Å². The SMILES string of the molecule is CCCCc1ccc(-n2nc3ccc(NC(=S)NC(=O)c4ccc5ccccc5c4)cc3n2)cc1. The van der Waals surface area contributed by atoms with Gasteiger partial charge in [0, 0.05) is 11.3 Å². The zero-order valence-corrected chi connectivity index (χ0v) is 20.2. The second-order valence-electron chi connectivity index (χ2n) is 8.43. The van der Waals surface area contributed by atoms with Crippen LogP contribution in [0.25, 0.3) is 27.5 Å². The second-order valence-corrected chi connectivity index (χ2v) is 8.84. The van der Waals surface area contributed by atoms with Crippen LogP contribution in [0.1, 0.15) is 35.7 Å². The third kappa shape index (κ3) is 5.20. The summed E-state index contributed by atoms with van der Waals surface area (Å²) in [6, 6.07) is 27.4. The predicted octanol–water partition coefficient (Wildman–Crippen LogP) is 6.04. The first-order valence-electron chi connectivity index (χ1n) is 11.7. The smallest absolute Gasteiger partial charge is 0.257 e. The molecule has 0 bridgehead atoms. The van der Waals surface area contributed by atoms with Crippen molar-refractivity contribution >= 4 is 50.7 Å². The molecule has 0 unspecified atom stereocenters. The molecule has 0 fully saturated rings. The summed E-state index contributed by atoms with van der Waals surface area (Å²) in [6.45, 7) is 2.20. The average molecular weight is 480 g/mol. The van der Waals surface area contributed by atoms with E-state index >= 15 is 0 Å². The number of fused-ring (bicyclic) bond motifs is 2. The topological polar surface area (TPSA) is 71.8 Å². The highest BCUT2D eigenvalue weighted by Crippen LogP contribution is 2.19. The molecule has 0 aliphatic heterocycles. The van der Waals surface area contributed by atoms with Crippen molar-refractivity contribution in [1.29, 1.82) is 0 Å². The van der Waals surface area contributed by atoms with Gasteiger partial charge in [-0.15, -0.1) is 10.2 Å². The first kappa shape index (κ1) is 22.7. The van der Waals surface area contributed by atoms with Gasteiger partial charge in [0.05, 0.1) is 5.69 Å². The van der Waals surface area contributed by atoms with Crippen LogP contribution >= 0.6 is 12.2 Å². The number of hydrogen-bond donors (Lipinski definition) is 2. The van der Waals surface area contributed by atoms with E-state index in [-0.39, 0.29) is 11.0 Å². The van der Waals surface area contributed by atoms with Gasteiger partial charge in [-0.25, -0.2) is 0 Å². The van der Waals surface area contributed by atoms with E-state index in [1.165, 1.54) is 18.4 Å². The first-order valence-corrected chi connectivity index (χ1v) is 12.1. The van der Waals surface area contributed by atoms with Gasteiger partial charge in [0.15, 0.2) is 5.11 Å². The second kappa shape index (κ2) is 10.0. The van der Waals surface area contributed by atoms with Crippen molar-refractivity contribution in [2.24, 2.45) is 0 Å². The highest BCUT2D eigenvalue weighted by atomic mass is 32.1. The van der Waals surface area contributed by atoms with Crippen LogP contribution in [0, 0.1) is 0 Å². The molecule has 6 nitrogen and oxygen atoms in total. The molecule has 7 heteroatoms. The molecule has 0 atom stereocenters. The maximum absolute atomic E-state index is 12.7. The van der Waals surface area contributed by atoms with Gasteiger partial charge in [0.2, 0.25) is 0 Å². The van der Waals surface area contributed by atoms with Crippen LogP contribution in [-0.4, -0.2) is 26.0 Å². The standard InChI is InChI=1S/C28H25N5OS/c1-2-3-6-19-9-14-24(15-10-19)33-31-25-16-13-23(18-26(25)32-33)29-28(35)30-27(34)22-12-11-20-7-4-5-8-21(20)17-22/h4-5,7-18H,2-3,6H2,1H3,(H2,29,30,34,35). The lowest BCUT2D eigenvalue weighted by molar-refractivity contribution is 0.0978. The maximum atomic E-state index is 12.7. The number of benzene rings is 4. The third-order valence-corrected chi connectivity index (χ3v) is 6.07. The third-order valence-electron chi connectivity index (χ3n) is 5.86. The van der Waals surface area contributed by atoms with Crippen molar-refractivity contribution in [3.63, 3.8) is 0 Å². The Labute approximate surface area is 209 Å². The van der Waals surface area contributed by atoms with Crippen LogP contribution in [-0.2, 0) is 6.42 Å². The lowest BCUT2D eigenvalue weighted by Gasteiger charge is -2.10. The average Bonchev–Trinajstić information content (AvgIpc) is 3.31. The minimum atomic E-state index is -0.261. The number of nitrogens with zero attached hydrogens (tertiary/aromatic N) is 3. The van der Waals surface area contributed by atoms with E-state index in [1.807, 2.05) is 66.7 Å². The van der Waals surface area contributed by atoms with E-state index in [1.54, 1.807) is 10.9 Å². The minimum absolute atomic E-state index is 0.220. The molecule has 4 aromatic carbocycles. The quantitative estimate of drug-likeness (QED) is 0.290. The molecule has 174 valence electrons. The fourth-order valence-corrected chi connectivity index (χ4v) is 4.16. The molecule has 5 aromatic rings.